The van der Waals surface area contributed by atoms with E-state index in [1.165, 1.54) is 30.6 Å². The van der Waals surface area contributed by atoms with Crippen molar-refractivity contribution in [2.75, 3.05) is 5.75 Å². The highest BCUT2D eigenvalue weighted by Gasteiger charge is 2.19. The van der Waals surface area contributed by atoms with E-state index in [1.807, 2.05) is 24.8 Å². The molecule has 20 heavy (non-hydrogen) atoms. The van der Waals surface area contributed by atoms with Gasteiger partial charge in [0.25, 0.3) is 0 Å². The van der Waals surface area contributed by atoms with Crippen LogP contribution in [0.15, 0.2) is 30.3 Å². The molecule has 2 nitrogen and oxygen atoms in total. The first-order chi connectivity index (χ1) is 9.75. The molecule has 1 unspecified atom stereocenters. The third kappa shape index (κ3) is 2.81. The van der Waals surface area contributed by atoms with Crippen LogP contribution in [-0.2, 0) is 0 Å². The zero-order chi connectivity index (χ0) is 13.9. The number of H-pyrrole nitrogens is 1. The highest BCUT2D eigenvalue weighted by molar-refractivity contribution is 7.99. The Kier molecular flexibility index (Phi) is 4.22. The first kappa shape index (κ1) is 13.8. The molecular formula is C16H18N2S2. The minimum Gasteiger partial charge on any atom is -0.342 e. The summed E-state index contributed by atoms with van der Waals surface area (Å²) in [7, 11) is 0. The molecule has 1 aromatic carbocycles. The minimum absolute atomic E-state index is 0.466. The van der Waals surface area contributed by atoms with Gasteiger partial charge in [-0.15, -0.1) is 0 Å². The number of benzene rings is 1. The van der Waals surface area contributed by atoms with Crippen molar-refractivity contribution in [3.8, 4) is 11.3 Å². The van der Waals surface area contributed by atoms with Gasteiger partial charge in [0, 0.05) is 5.56 Å². The van der Waals surface area contributed by atoms with Gasteiger partial charge in [0.05, 0.1) is 10.9 Å². The van der Waals surface area contributed by atoms with E-state index in [0.29, 0.717) is 5.25 Å². The standard InChI is InChI=1S/C16H18N2S2/c1-11-14(12-7-3-2-4-8-12)17-15(18-16(11)19)13-9-5-6-10-20-13/h2-4,7-8,13H,5-6,9-10H2,1H3,(H,17,18,19). The Morgan fingerprint density at radius 1 is 1.25 bits per heavy atom. The summed E-state index contributed by atoms with van der Waals surface area (Å²) in [4.78, 5) is 8.16. The summed E-state index contributed by atoms with van der Waals surface area (Å²) in [6.07, 6.45) is 3.80. The summed E-state index contributed by atoms with van der Waals surface area (Å²) in [5.41, 5.74) is 3.36. The molecule has 0 saturated carbocycles. The largest absolute Gasteiger partial charge is 0.342 e. The molecule has 0 aliphatic carbocycles. The number of nitrogens with one attached hydrogen (secondary N) is 1. The normalized spacial score (nSPS) is 18.9. The summed E-state index contributed by atoms with van der Waals surface area (Å²) in [6.45, 7) is 2.05. The first-order valence-corrected chi connectivity index (χ1v) is 8.49. The van der Waals surface area contributed by atoms with Crippen LogP contribution in [0.2, 0.25) is 0 Å². The van der Waals surface area contributed by atoms with Gasteiger partial charge in [0.2, 0.25) is 0 Å². The predicted molar refractivity (Wildman–Crippen MR) is 88.6 cm³/mol. The molecule has 1 aliphatic heterocycles. The monoisotopic (exact) mass is 302 g/mol. The molecular weight excluding hydrogens is 284 g/mol. The van der Waals surface area contributed by atoms with E-state index < -0.39 is 0 Å². The number of hydrogen-bond donors (Lipinski definition) is 1. The molecule has 2 heterocycles. The lowest BCUT2D eigenvalue weighted by atomic mass is 10.1. The van der Waals surface area contributed by atoms with Gasteiger partial charge >= 0.3 is 0 Å². The average molecular weight is 302 g/mol. The van der Waals surface area contributed by atoms with Crippen LogP contribution in [0.4, 0.5) is 0 Å². The van der Waals surface area contributed by atoms with Crippen molar-refractivity contribution >= 4 is 24.0 Å². The van der Waals surface area contributed by atoms with Crippen LogP contribution in [0, 0.1) is 11.6 Å². The summed E-state index contributed by atoms with van der Waals surface area (Å²) in [5.74, 6) is 2.27. The van der Waals surface area contributed by atoms with Crippen LogP contribution in [-0.4, -0.2) is 15.7 Å². The molecule has 0 radical (unpaired) electrons. The highest BCUT2D eigenvalue weighted by Crippen LogP contribution is 2.37. The number of hydrogen-bond acceptors (Lipinski definition) is 3. The number of rotatable bonds is 2. The van der Waals surface area contributed by atoms with Crippen LogP contribution >= 0.6 is 24.0 Å². The van der Waals surface area contributed by atoms with Gasteiger partial charge in [-0.3, -0.25) is 0 Å². The third-order valence-corrected chi connectivity index (χ3v) is 5.50. The Balaban J connectivity index is 2.06. The summed E-state index contributed by atoms with van der Waals surface area (Å²) >= 11 is 7.45. The molecule has 1 aromatic heterocycles. The zero-order valence-electron chi connectivity index (χ0n) is 11.6. The Morgan fingerprint density at radius 3 is 2.75 bits per heavy atom. The molecule has 1 saturated heterocycles. The van der Waals surface area contributed by atoms with Gasteiger partial charge in [-0.2, -0.15) is 11.8 Å². The lowest BCUT2D eigenvalue weighted by molar-refractivity contribution is 0.661. The second-order valence-electron chi connectivity index (χ2n) is 5.15. The molecule has 1 atom stereocenters. The van der Waals surface area contributed by atoms with Crippen LogP contribution in [0.1, 0.15) is 35.9 Å². The Hall–Kier alpha value is -1.13. The second kappa shape index (κ2) is 6.10. The molecule has 0 bridgehead atoms. The van der Waals surface area contributed by atoms with Crippen molar-refractivity contribution in [2.24, 2.45) is 0 Å². The van der Waals surface area contributed by atoms with Crippen molar-refractivity contribution in [3.63, 3.8) is 0 Å². The molecule has 3 rings (SSSR count). The highest BCUT2D eigenvalue weighted by atomic mass is 32.2. The van der Waals surface area contributed by atoms with E-state index in [2.05, 4.69) is 34.2 Å². The van der Waals surface area contributed by atoms with Crippen LogP contribution in [0.25, 0.3) is 11.3 Å². The van der Waals surface area contributed by atoms with E-state index in [1.54, 1.807) is 0 Å². The molecule has 4 heteroatoms. The molecule has 1 N–H and O–H groups in total. The van der Waals surface area contributed by atoms with E-state index in [4.69, 9.17) is 12.2 Å². The average Bonchev–Trinajstić information content (AvgIpc) is 2.51. The lowest BCUT2D eigenvalue weighted by Gasteiger charge is -2.21. The summed E-state index contributed by atoms with van der Waals surface area (Å²) in [6, 6.07) is 10.4. The zero-order valence-corrected chi connectivity index (χ0v) is 13.2. The maximum absolute atomic E-state index is 5.46. The van der Waals surface area contributed by atoms with Gasteiger partial charge in [-0.1, -0.05) is 49.0 Å². The fourth-order valence-corrected chi connectivity index (χ4v) is 4.01. The van der Waals surface area contributed by atoms with Crippen molar-refractivity contribution in [3.05, 3.63) is 46.4 Å². The van der Waals surface area contributed by atoms with Gasteiger partial charge in [-0.05, 0) is 31.1 Å². The molecule has 104 valence electrons. The fraction of sp³-hybridized carbons (Fsp3) is 0.375. The minimum atomic E-state index is 0.466. The van der Waals surface area contributed by atoms with E-state index in [0.717, 1.165) is 21.7 Å². The van der Waals surface area contributed by atoms with Gasteiger partial charge in [0.15, 0.2) is 0 Å². The summed E-state index contributed by atoms with van der Waals surface area (Å²) in [5, 5.41) is 0.466. The Bertz CT molecular complexity index is 643. The van der Waals surface area contributed by atoms with Crippen LogP contribution < -0.4 is 0 Å². The summed E-state index contributed by atoms with van der Waals surface area (Å²) < 4.78 is 0.726. The maximum atomic E-state index is 5.46. The van der Waals surface area contributed by atoms with Crippen molar-refractivity contribution in [1.82, 2.24) is 9.97 Å². The van der Waals surface area contributed by atoms with Gasteiger partial charge in [-0.25, -0.2) is 4.98 Å². The topological polar surface area (TPSA) is 28.7 Å². The third-order valence-electron chi connectivity index (χ3n) is 3.72. The smallest absolute Gasteiger partial charge is 0.133 e. The Morgan fingerprint density at radius 2 is 2.05 bits per heavy atom. The number of aromatic nitrogens is 2. The van der Waals surface area contributed by atoms with Crippen molar-refractivity contribution in [2.45, 2.75) is 31.4 Å². The molecule has 1 aliphatic rings. The van der Waals surface area contributed by atoms with Gasteiger partial charge < -0.3 is 4.98 Å². The van der Waals surface area contributed by atoms with E-state index in [-0.39, 0.29) is 0 Å². The van der Waals surface area contributed by atoms with E-state index >= 15 is 0 Å². The second-order valence-corrected chi connectivity index (χ2v) is 6.85. The van der Waals surface area contributed by atoms with Crippen LogP contribution in [0.3, 0.4) is 0 Å². The lowest BCUT2D eigenvalue weighted by Crippen LogP contribution is -2.08. The molecule has 0 amide bonds. The fourth-order valence-electron chi connectivity index (χ4n) is 2.55. The number of nitrogens with zero attached hydrogens (tertiary/aromatic N) is 1. The Labute approximate surface area is 129 Å². The van der Waals surface area contributed by atoms with Gasteiger partial charge in [0.1, 0.15) is 10.5 Å². The molecule has 0 spiro atoms. The number of thioether (sulfide) groups is 1. The number of aromatic amines is 1. The predicted octanol–water partition coefficient (Wildman–Crippen LogP) is 5.07. The van der Waals surface area contributed by atoms with Crippen molar-refractivity contribution < 1.29 is 0 Å². The van der Waals surface area contributed by atoms with Crippen molar-refractivity contribution in [1.29, 1.82) is 0 Å². The molecule has 2 aromatic rings. The van der Waals surface area contributed by atoms with Crippen LogP contribution in [0.5, 0.6) is 0 Å². The quantitative estimate of drug-likeness (QED) is 0.785. The first-order valence-electron chi connectivity index (χ1n) is 7.03. The van der Waals surface area contributed by atoms with E-state index in [9.17, 15) is 0 Å². The maximum Gasteiger partial charge on any atom is 0.133 e. The SMILES string of the molecule is Cc1c(-c2ccccc2)[nH]c(C2CCCCS2)nc1=S. The molecule has 1 fully saturated rings.